The van der Waals surface area contributed by atoms with Crippen molar-refractivity contribution in [3.05, 3.63) is 47.3 Å². The van der Waals surface area contributed by atoms with E-state index in [2.05, 4.69) is 5.10 Å². The van der Waals surface area contributed by atoms with Crippen molar-refractivity contribution in [3.8, 4) is 5.69 Å². The highest BCUT2D eigenvalue weighted by molar-refractivity contribution is 5.96. The molecule has 0 bridgehead atoms. The maximum absolute atomic E-state index is 7.62. The first-order valence-electron chi connectivity index (χ1n) is 5.27. The minimum atomic E-state index is 0.573. The third-order valence-electron chi connectivity index (χ3n) is 2.53. The van der Waals surface area contributed by atoms with Crippen LogP contribution in [0.25, 0.3) is 5.69 Å². The molecule has 0 unspecified atom stereocenters. The molecule has 0 fully saturated rings. The predicted octanol–water partition coefficient (Wildman–Crippen LogP) is 2.88. The van der Waals surface area contributed by atoms with E-state index in [-0.39, 0.29) is 0 Å². The number of hydrogen-bond donors (Lipinski definition) is 1. The van der Waals surface area contributed by atoms with Crippen molar-refractivity contribution >= 4 is 5.71 Å². The summed E-state index contributed by atoms with van der Waals surface area (Å²) in [6, 6.07) is 9.94. The topological polar surface area (TPSA) is 41.7 Å². The maximum atomic E-state index is 7.62. The fraction of sp³-hybridized carbons (Fsp3) is 0.231. The van der Waals surface area contributed by atoms with Gasteiger partial charge in [0, 0.05) is 11.4 Å². The molecular weight excluding hydrogens is 198 g/mol. The Bertz CT molecular complexity index is 538. The highest BCUT2D eigenvalue weighted by Gasteiger charge is 2.04. The summed E-state index contributed by atoms with van der Waals surface area (Å²) >= 11 is 0. The van der Waals surface area contributed by atoms with Crippen molar-refractivity contribution in [2.45, 2.75) is 20.8 Å². The maximum Gasteiger partial charge on any atom is 0.0655 e. The summed E-state index contributed by atoms with van der Waals surface area (Å²) in [6.07, 6.45) is 0. The van der Waals surface area contributed by atoms with E-state index < -0.39 is 0 Å². The molecule has 1 heterocycles. The molecule has 3 heteroatoms. The van der Waals surface area contributed by atoms with Crippen LogP contribution in [0.3, 0.4) is 0 Å². The third-order valence-corrected chi connectivity index (χ3v) is 2.53. The molecule has 16 heavy (non-hydrogen) atoms. The van der Waals surface area contributed by atoms with Gasteiger partial charge in [0.05, 0.1) is 11.4 Å². The van der Waals surface area contributed by atoms with Crippen molar-refractivity contribution in [1.82, 2.24) is 9.78 Å². The molecule has 0 amide bonds. The number of nitrogens with zero attached hydrogens (tertiary/aromatic N) is 2. The average Bonchev–Trinajstić information content (AvgIpc) is 2.58. The van der Waals surface area contributed by atoms with Gasteiger partial charge >= 0.3 is 0 Å². The van der Waals surface area contributed by atoms with E-state index in [0.717, 1.165) is 22.6 Å². The minimum absolute atomic E-state index is 0.573. The van der Waals surface area contributed by atoms with E-state index in [1.54, 1.807) is 6.92 Å². The summed E-state index contributed by atoms with van der Waals surface area (Å²) in [4.78, 5) is 0. The summed E-state index contributed by atoms with van der Waals surface area (Å²) < 4.78 is 1.90. The van der Waals surface area contributed by atoms with Gasteiger partial charge in [-0.25, -0.2) is 4.68 Å². The van der Waals surface area contributed by atoms with Crippen LogP contribution in [-0.2, 0) is 0 Å². The van der Waals surface area contributed by atoms with Crippen molar-refractivity contribution < 1.29 is 0 Å². The zero-order valence-electron chi connectivity index (χ0n) is 9.78. The molecule has 0 atom stereocenters. The molecule has 0 radical (unpaired) electrons. The average molecular weight is 213 g/mol. The standard InChI is InChI=1S/C13H15N3/c1-9-7-10(2)16(15-9)13-6-4-5-12(8-13)11(3)14/h4-8,14H,1-3H3. The van der Waals surface area contributed by atoms with Crippen molar-refractivity contribution in [3.63, 3.8) is 0 Å². The normalized spacial score (nSPS) is 10.4. The number of benzene rings is 1. The van der Waals surface area contributed by atoms with Crippen LogP contribution in [0.15, 0.2) is 30.3 Å². The molecule has 1 aromatic heterocycles. The van der Waals surface area contributed by atoms with E-state index in [9.17, 15) is 0 Å². The molecular formula is C13H15N3. The number of rotatable bonds is 2. The zero-order valence-corrected chi connectivity index (χ0v) is 9.78. The number of aryl methyl sites for hydroxylation is 2. The van der Waals surface area contributed by atoms with Gasteiger partial charge in [0.25, 0.3) is 0 Å². The molecule has 0 spiro atoms. The Kier molecular flexibility index (Phi) is 2.60. The molecule has 0 aliphatic rings. The minimum Gasteiger partial charge on any atom is -0.305 e. The van der Waals surface area contributed by atoms with Gasteiger partial charge in [-0.3, -0.25) is 0 Å². The zero-order chi connectivity index (χ0) is 11.7. The van der Waals surface area contributed by atoms with E-state index >= 15 is 0 Å². The lowest BCUT2D eigenvalue weighted by Gasteiger charge is -2.06. The van der Waals surface area contributed by atoms with Crippen LogP contribution in [0.1, 0.15) is 23.9 Å². The van der Waals surface area contributed by atoms with Gasteiger partial charge in [-0.05, 0) is 44.5 Å². The Balaban J connectivity index is 2.52. The molecule has 0 aliphatic heterocycles. The first-order valence-corrected chi connectivity index (χ1v) is 5.27. The van der Waals surface area contributed by atoms with E-state index in [0.29, 0.717) is 5.71 Å². The Hall–Kier alpha value is -1.90. The molecule has 2 rings (SSSR count). The van der Waals surface area contributed by atoms with Gasteiger partial charge in [0.1, 0.15) is 0 Å². The summed E-state index contributed by atoms with van der Waals surface area (Å²) in [5, 5.41) is 12.1. The lowest BCUT2D eigenvalue weighted by Crippen LogP contribution is -2.01. The van der Waals surface area contributed by atoms with Crippen molar-refractivity contribution in [2.24, 2.45) is 0 Å². The second-order valence-electron chi connectivity index (χ2n) is 4.01. The van der Waals surface area contributed by atoms with Crippen molar-refractivity contribution in [2.75, 3.05) is 0 Å². The van der Waals surface area contributed by atoms with Gasteiger partial charge in [-0.15, -0.1) is 0 Å². The monoisotopic (exact) mass is 213 g/mol. The molecule has 3 nitrogen and oxygen atoms in total. The summed E-state index contributed by atoms with van der Waals surface area (Å²) in [5.74, 6) is 0. The van der Waals surface area contributed by atoms with Crippen LogP contribution >= 0.6 is 0 Å². The fourth-order valence-electron chi connectivity index (χ4n) is 1.76. The molecule has 0 saturated carbocycles. The Morgan fingerprint density at radius 2 is 2.00 bits per heavy atom. The van der Waals surface area contributed by atoms with Crippen LogP contribution in [0.2, 0.25) is 0 Å². The van der Waals surface area contributed by atoms with Crippen LogP contribution in [0.4, 0.5) is 0 Å². The second kappa shape index (κ2) is 3.93. The van der Waals surface area contributed by atoms with Gasteiger partial charge in [0.2, 0.25) is 0 Å². The van der Waals surface area contributed by atoms with Gasteiger partial charge in [-0.2, -0.15) is 5.10 Å². The van der Waals surface area contributed by atoms with E-state index in [4.69, 9.17) is 5.41 Å². The van der Waals surface area contributed by atoms with Gasteiger partial charge in [-0.1, -0.05) is 12.1 Å². The Morgan fingerprint density at radius 1 is 1.25 bits per heavy atom. The second-order valence-corrected chi connectivity index (χ2v) is 4.01. The Labute approximate surface area is 95.2 Å². The molecule has 1 aromatic carbocycles. The predicted molar refractivity (Wildman–Crippen MR) is 65.5 cm³/mol. The lowest BCUT2D eigenvalue weighted by molar-refractivity contribution is 0.833. The quantitative estimate of drug-likeness (QED) is 0.766. The van der Waals surface area contributed by atoms with Crippen LogP contribution in [-0.4, -0.2) is 15.5 Å². The van der Waals surface area contributed by atoms with Gasteiger partial charge < -0.3 is 5.41 Å². The van der Waals surface area contributed by atoms with E-state index in [1.807, 2.05) is 48.9 Å². The third kappa shape index (κ3) is 1.89. The SMILES string of the molecule is CC(=N)c1cccc(-n2nc(C)cc2C)c1. The van der Waals surface area contributed by atoms with Gasteiger partial charge in [0.15, 0.2) is 0 Å². The summed E-state index contributed by atoms with van der Waals surface area (Å²) in [6.45, 7) is 5.81. The first kappa shape index (κ1) is 10.6. The molecule has 0 aliphatic carbocycles. The summed E-state index contributed by atoms with van der Waals surface area (Å²) in [7, 11) is 0. The fourth-order valence-corrected chi connectivity index (χ4v) is 1.76. The molecule has 0 saturated heterocycles. The van der Waals surface area contributed by atoms with Crippen LogP contribution in [0.5, 0.6) is 0 Å². The van der Waals surface area contributed by atoms with Crippen LogP contribution in [0, 0.1) is 19.3 Å². The number of nitrogens with one attached hydrogen (secondary N) is 1. The smallest absolute Gasteiger partial charge is 0.0655 e. The largest absolute Gasteiger partial charge is 0.305 e. The summed E-state index contributed by atoms with van der Waals surface area (Å²) in [5.41, 5.74) is 4.63. The van der Waals surface area contributed by atoms with E-state index in [1.165, 1.54) is 0 Å². The lowest BCUT2D eigenvalue weighted by atomic mass is 10.1. The van der Waals surface area contributed by atoms with Crippen LogP contribution < -0.4 is 0 Å². The van der Waals surface area contributed by atoms with Crippen molar-refractivity contribution in [1.29, 1.82) is 5.41 Å². The number of hydrogen-bond acceptors (Lipinski definition) is 2. The molecule has 82 valence electrons. The molecule has 1 N–H and O–H groups in total. The first-order chi connectivity index (χ1) is 7.58. The number of aromatic nitrogens is 2. The highest BCUT2D eigenvalue weighted by atomic mass is 15.3. The highest BCUT2D eigenvalue weighted by Crippen LogP contribution is 2.13. The molecule has 2 aromatic rings. The Morgan fingerprint density at radius 3 is 2.56 bits per heavy atom.